The third-order valence-corrected chi connectivity index (χ3v) is 3.93. The van der Waals surface area contributed by atoms with Crippen LogP contribution in [0.15, 0.2) is 48.7 Å². The molecule has 0 aromatic heterocycles. The van der Waals surface area contributed by atoms with Crippen molar-refractivity contribution in [1.82, 2.24) is 11.0 Å². The van der Waals surface area contributed by atoms with Gasteiger partial charge in [0.25, 0.3) is 5.91 Å². The lowest BCUT2D eigenvalue weighted by molar-refractivity contribution is -0.122. The number of ether oxygens (including phenoxy) is 1. The van der Waals surface area contributed by atoms with E-state index in [0.29, 0.717) is 12.1 Å². The number of benzene rings is 2. The molecular weight excluding hydrogens is 342 g/mol. The highest BCUT2D eigenvalue weighted by molar-refractivity contribution is 5.94. The molecule has 0 saturated heterocycles. The molecule has 2 aromatic rings. The van der Waals surface area contributed by atoms with Gasteiger partial charge in [-0.05, 0) is 55.7 Å². The van der Waals surface area contributed by atoms with Gasteiger partial charge < -0.3 is 14.9 Å². The summed E-state index contributed by atoms with van der Waals surface area (Å²) in [4.78, 5) is 17.5. The van der Waals surface area contributed by atoms with Gasteiger partial charge in [-0.1, -0.05) is 42.3 Å². The van der Waals surface area contributed by atoms with E-state index in [-0.39, 0.29) is 5.91 Å². The van der Waals surface area contributed by atoms with Crippen LogP contribution in [0.25, 0.3) is 6.08 Å². The lowest BCUT2D eigenvalue weighted by Gasteiger charge is -2.19. The van der Waals surface area contributed by atoms with Gasteiger partial charge in [0.1, 0.15) is 12.0 Å². The number of aryl methyl sites for hydroxylation is 2. The lowest BCUT2D eigenvalue weighted by Crippen LogP contribution is -2.32. The van der Waals surface area contributed by atoms with E-state index < -0.39 is 6.10 Å². The number of hydrogen-bond acceptors (Lipinski definition) is 5. The van der Waals surface area contributed by atoms with Gasteiger partial charge in [0.15, 0.2) is 6.10 Å². The molecule has 1 amide bonds. The van der Waals surface area contributed by atoms with Gasteiger partial charge in [-0.25, -0.2) is 5.43 Å². The van der Waals surface area contributed by atoms with Crippen molar-refractivity contribution in [3.05, 3.63) is 65.4 Å². The number of carbonyl (C=O) groups excluding carboxylic acids is 1. The fourth-order valence-electron chi connectivity index (χ4n) is 2.51. The Hall–Kier alpha value is -2.83. The molecule has 3 N–H and O–H groups in total. The van der Waals surface area contributed by atoms with Gasteiger partial charge in [0.05, 0.1) is 0 Å². The SMILES string of the molecule is CCC(Oc1ccc(C)cc1C)C(=O)Nc1ccc(/C=C/ONNC)cc1. The molecular formula is C21H27N3O3. The topological polar surface area (TPSA) is 71.6 Å². The number of hydrazine groups is 1. The lowest BCUT2D eigenvalue weighted by atomic mass is 10.1. The second kappa shape index (κ2) is 10.4. The Labute approximate surface area is 160 Å². The predicted molar refractivity (Wildman–Crippen MR) is 108 cm³/mol. The molecule has 0 bridgehead atoms. The van der Waals surface area contributed by atoms with Crippen LogP contribution in [0.2, 0.25) is 0 Å². The van der Waals surface area contributed by atoms with Crippen LogP contribution in [-0.2, 0) is 9.63 Å². The highest BCUT2D eigenvalue weighted by atomic mass is 16.7. The fraction of sp³-hybridized carbons (Fsp3) is 0.286. The summed E-state index contributed by atoms with van der Waals surface area (Å²) in [6.45, 7) is 5.94. The molecule has 2 aromatic carbocycles. The average Bonchev–Trinajstić information content (AvgIpc) is 2.66. The van der Waals surface area contributed by atoms with E-state index in [1.54, 1.807) is 13.1 Å². The molecule has 0 spiro atoms. The van der Waals surface area contributed by atoms with Crippen LogP contribution in [0.1, 0.15) is 30.0 Å². The van der Waals surface area contributed by atoms with Crippen molar-refractivity contribution in [2.24, 2.45) is 0 Å². The average molecular weight is 369 g/mol. The smallest absolute Gasteiger partial charge is 0.265 e. The molecule has 0 saturated carbocycles. The van der Waals surface area contributed by atoms with Gasteiger partial charge >= 0.3 is 0 Å². The zero-order valence-corrected chi connectivity index (χ0v) is 16.2. The standard InChI is InChI=1S/C21H27N3O3/c1-5-19(27-20-11-6-15(2)14-16(20)3)21(25)23-18-9-7-17(8-10-18)12-13-26-24-22-4/h6-14,19,22,24H,5H2,1-4H3,(H,23,25)/b13-12+. The van der Waals surface area contributed by atoms with E-state index >= 15 is 0 Å². The minimum Gasteiger partial charge on any atom is -0.480 e. The second-order valence-electron chi connectivity index (χ2n) is 6.17. The first-order valence-electron chi connectivity index (χ1n) is 8.92. The molecule has 0 aliphatic carbocycles. The van der Waals surface area contributed by atoms with Crippen molar-refractivity contribution >= 4 is 17.7 Å². The quantitative estimate of drug-likeness (QED) is 0.357. The molecule has 1 atom stereocenters. The minimum atomic E-state index is -0.549. The number of nitrogens with one attached hydrogen (secondary N) is 3. The zero-order chi connectivity index (χ0) is 19.6. The van der Waals surface area contributed by atoms with Crippen molar-refractivity contribution in [3.63, 3.8) is 0 Å². The molecule has 6 heteroatoms. The molecule has 0 aliphatic heterocycles. The van der Waals surface area contributed by atoms with E-state index in [4.69, 9.17) is 9.57 Å². The van der Waals surface area contributed by atoms with E-state index in [9.17, 15) is 4.79 Å². The Morgan fingerprint density at radius 1 is 1.15 bits per heavy atom. The Bertz CT molecular complexity index is 773. The molecule has 1 unspecified atom stereocenters. The van der Waals surface area contributed by atoms with Crippen LogP contribution in [0, 0.1) is 13.8 Å². The van der Waals surface area contributed by atoms with Crippen LogP contribution in [0.5, 0.6) is 5.75 Å². The Balaban J connectivity index is 1.96. The molecule has 27 heavy (non-hydrogen) atoms. The molecule has 144 valence electrons. The van der Waals surface area contributed by atoms with Crippen LogP contribution < -0.4 is 21.1 Å². The Morgan fingerprint density at radius 3 is 2.52 bits per heavy atom. The number of carbonyl (C=O) groups is 1. The molecule has 0 aliphatic rings. The summed E-state index contributed by atoms with van der Waals surface area (Å²) in [5.41, 5.74) is 8.99. The first-order valence-corrected chi connectivity index (χ1v) is 8.92. The molecule has 2 rings (SSSR count). The summed E-state index contributed by atoms with van der Waals surface area (Å²) in [5, 5.41) is 2.91. The number of amides is 1. The molecule has 0 radical (unpaired) electrons. The fourth-order valence-corrected chi connectivity index (χ4v) is 2.51. The highest BCUT2D eigenvalue weighted by Gasteiger charge is 2.19. The van der Waals surface area contributed by atoms with Crippen molar-refractivity contribution in [1.29, 1.82) is 0 Å². The summed E-state index contributed by atoms with van der Waals surface area (Å²) < 4.78 is 5.93. The summed E-state index contributed by atoms with van der Waals surface area (Å²) in [5.74, 6) is 0.570. The minimum absolute atomic E-state index is 0.165. The van der Waals surface area contributed by atoms with Crippen molar-refractivity contribution < 1.29 is 14.4 Å². The van der Waals surface area contributed by atoms with Crippen molar-refractivity contribution in [3.8, 4) is 5.75 Å². The van der Waals surface area contributed by atoms with Crippen LogP contribution >= 0.6 is 0 Å². The van der Waals surface area contributed by atoms with Gasteiger partial charge in [-0.15, -0.1) is 0 Å². The normalized spacial score (nSPS) is 12.0. The summed E-state index contributed by atoms with van der Waals surface area (Å²) in [7, 11) is 1.71. The van der Waals surface area contributed by atoms with Gasteiger partial charge in [-0.2, -0.15) is 0 Å². The molecule has 0 fully saturated rings. The second-order valence-corrected chi connectivity index (χ2v) is 6.17. The highest BCUT2D eigenvalue weighted by Crippen LogP contribution is 2.21. The van der Waals surface area contributed by atoms with Crippen molar-refractivity contribution in [2.45, 2.75) is 33.3 Å². The van der Waals surface area contributed by atoms with E-state index in [1.165, 1.54) is 11.8 Å². The molecule has 6 nitrogen and oxygen atoms in total. The van der Waals surface area contributed by atoms with Crippen LogP contribution in [0.4, 0.5) is 5.69 Å². The van der Waals surface area contributed by atoms with Gasteiger partial charge in [0.2, 0.25) is 0 Å². The predicted octanol–water partition coefficient (Wildman–Crippen LogP) is 3.73. The van der Waals surface area contributed by atoms with Crippen LogP contribution in [-0.4, -0.2) is 19.1 Å². The Morgan fingerprint density at radius 2 is 1.89 bits per heavy atom. The van der Waals surface area contributed by atoms with Crippen molar-refractivity contribution in [2.75, 3.05) is 12.4 Å². The number of rotatable bonds is 9. The monoisotopic (exact) mass is 369 g/mol. The largest absolute Gasteiger partial charge is 0.480 e. The first kappa shape index (κ1) is 20.5. The van der Waals surface area contributed by atoms with Gasteiger partial charge in [-0.3, -0.25) is 4.79 Å². The maximum Gasteiger partial charge on any atom is 0.265 e. The third-order valence-electron chi connectivity index (χ3n) is 3.93. The third kappa shape index (κ3) is 6.44. The molecule has 0 heterocycles. The first-order chi connectivity index (χ1) is 13.0. The van der Waals surface area contributed by atoms with E-state index in [0.717, 1.165) is 16.9 Å². The summed E-state index contributed by atoms with van der Waals surface area (Å²) in [6, 6.07) is 13.4. The van der Waals surface area contributed by atoms with E-state index in [1.807, 2.05) is 63.2 Å². The zero-order valence-electron chi connectivity index (χ0n) is 16.2. The van der Waals surface area contributed by atoms with Gasteiger partial charge in [0, 0.05) is 12.7 Å². The summed E-state index contributed by atoms with van der Waals surface area (Å²) >= 11 is 0. The maximum atomic E-state index is 12.6. The number of anilines is 1. The number of hydrogen-bond donors (Lipinski definition) is 3. The maximum absolute atomic E-state index is 12.6. The van der Waals surface area contributed by atoms with E-state index in [2.05, 4.69) is 16.3 Å². The van der Waals surface area contributed by atoms with Crippen LogP contribution in [0.3, 0.4) is 0 Å². The summed E-state index contributed by atoms with van der Waals surface area (Å²) in [6.07, 6.45) is 3.35. The Kier molecular flexibility index (Phi) is 7.85.